The van der Waals surface area contributed by atoms with Gasteiger partial charge in [-0.3, -0.25) is 4.79 Å². The highest BCUT2D eigenvalue weighted by atomic mass is 16.5. The summed E-state index contributed by atoms with van der Waals surface area (Å²) < 4.78 is 16.3. The molecular weight excluding hydrogens is 258 g/mol. The molecule has 2 aromatic rings. The van der Waals surface area contributed by atoms with E-state index in [2.05, 4.69) is 5.32 Å². The van der Waals surface area contributed by atoms with Crippen molar-refractivity contribution in [2.75, 3.05) is 13.7 Å². The summed E-state index contributed by atoms with van der Waals surface area (Å²) in [5, 5.41) is 2.50. The first-order valence-corrected chi connectivity index (χ1v) is 6.39. The van der Waals surface area contributed by atoms with Crippen molar-refractivity contribution in [1.29, 1.82) is 0 Å². The molecule has 106 valence electrons. The summed E-state index contributed by atoms with van der Waals surface area (Å²) in [5.74, 6) is 2.14. The van der Waals surface area contributed by atoms with Crippen LogP contribution in [-0.2, 0) is 6.61 Å². The molecule has 0 aliphatic carbocycles. The number of carbonyl (C=O) groups excluding carboxylic acids is 1. The fraction of sp³-hybridized carbons (Fsp3) is 0.267. The molecule has 1 N–H and O–H groups in total. The molecule has 0 aliphatic heterocycles. The quantitative estimate of drug-likeness (QED) is 0.880. The van der Waals surface area contributed by atoms with Gasteiger partial charge in [0, 0.05) is 7.05 Å². The van der Waals surface area contributed by atoms with Crippen molar-refractivity contribution < 1.29 is 18.7 Å². The van der Waals surface area contributed by atoms with Gasteiger partial charge in [0.1, 0.15) is 23.9 Å². The average Bonchev–Trinajstić information content (AvgIpc) is 2.95. The van der Waals surface area contributed by atoms with Crippen LogP contribution in [0.1, 0.15) is 23.2 Å². The van der Waals surface area contributed by atoms with E-state index in [1.54, 1.807) is 19.2 Å². The Morgan fingerprint density at radius 2 is 1.75 bits per heavy atom. The number of furan rings is 1. The molecule has 0 unspecified atom stereocenters. The molecule has 1 aromatic heterocycles. The molecule has 5 heteroatoms. The van der Waals surface area contributed by atoms with Crippen LogP contribution in [-0.4, -0.2) is 19.6 Å². The van der Waals surface area contributed by atoms with Gasteiger partial charge < -0.3 is 19.2 Å². The van der Waals surface area contributed by atoms with Crippen LogP contribution < -0.4 is 14.8 Å². The minimum atomic E-state index is -0.252. The average molecular weight is 275 g/mol. The summed E-state index contributed by atoms with van der Waals surface area (Å²) in [6.45, 7) is 2.84. The third-order valence-electron chi connectivity index (χ3n) is 2.63. The van der Waals surface area contributed by atoms with Crippen molar-refractivity contribution in [1.82, 2.24) is 5.32 Å². The van der Waals surface area contributed by atoms with Crippen molar-refractivity contribution in [2.24, 2.45) is 0 Å². The first-order valence-electron chi connectivity index (χ1n) is 6.39. The Morgan fingerprint density at radius 1 is 1.10 bits per heavy atom. The number of nitrogens with one attached hydrogen (secondary N) is 1. The summed E-state index contributed by atoms with van der Waals surface area (Å²) in [5.41, 5.74) is 0. The lowest BCUT2D eigenvalue weighted by molar-refractivity contribution is 0.0931. The maximum Gasteiger partial charge on any atom is 0.286 e. The van der Waals surface area contributed by atoms with Crippen molar-refractivity contribution in [2.45, 2.75) is 13.5 Å². The molecule has 0 radical (unpaired) electrons. The van der Waals surface area contributed by atoms with Crippen molar-refractivity contribution in [3.8, 4) is 11.5 Å². The number of hydrogen-bond acceptors (Lipinski definition) is 4. The van der Waals surface area contributed by atoms with Gasteiger partial charge >= 0.3 is 0 Å². The van der Waals surface area contributed by atoms with Crippen LogP contribution in [0.5, 0.6) is 11.5 Å². The molecular formula is C15H17NO4. The summed E-state index contributed by atoms with van der Waals surface area (Å²) >= 11 is 0. The van der Waals surface area contributed by atoms with E-state index >= 15 is 0 Å². The largest absolute Gasteiger partial charge is 0.494 e. The highest BCUT2D eigenvalue weighted by Crippen LogP contribution is 2.19. The highest BCUT2D eigenvalue weighted by molar-refractivity contribution is 5.91. The van der Waals surface area contributed by atoms with Crippen LogP contribution in [0.15, 0.2) is 40.8 Å². The van der Waals surface area contributed by atoms with E-state index < -0.39 is 0 Å². The molecule has 5 nitrogen and oxygen atoms in total. The van der Waals surface area contributed by atoms with E-state index in [-0.39, 0.29) is 18.3 Å². The lowest BCUT2D eigenvalue weighted by Gasteiger charge is -2.06. The molecule has 0 atom stereocenters. The van der Waals surface area contributed by atoms with Gasteiger partial charge in [-0.1, -0.05) is 0 Å². The third kappa shape index (κ3) is 3.54. The van der Waals surface area contributed by atoms with Crippen molar-refractivity contribution in [3.05, 3.63) is 47.9 Å². The van der Waals surface area contributed by atoms with E-state index in [1.165, 1.54) is 0 Å². The van der Waals surface area contributed by atoms with E-state index in [0.29, 0.717) is 18.1 Å². The number of benzene rings is 1. The number of rotatable bonds is 6. The zero-order valence-electron chi connectivity index (χ0n) is 11.5. The predicted octanol–water partition coefficient (Wildman–Crippen LogP) is 2.62. The normalized spacial score (nSPS) is 10.1. The summed E-state index contributed by atoms with van der Waals surface area (Å²) in [7, 11) is 1.56. The van der Waals surface area contributed by atoms with Gasteiger partial charge in [-0.05, 0) is 43.3 Å². The number of carbonyl (C=O) groups is 1. The molecule has 0 bridgehead atoms. The Morgan fingerprint density at radius 3 is 2.35 bits per heavy atom. The van der Waals surface area contributed by atoms with E-state index in [4.69, 9.17) is 13.9 Å². The zero-order valence-corrected chi connectivity index (χ0v) is 11.5. The second-order valence-corrected chi connectivity index (χ2v) is 4.04. The maximum absolute atomic E-state index is 11.3. The SMILES string of the molecule is CCOc1ccc(OCc2ccc(C(=O)NC)o2)cc1. The first-order chi connectivity index (χ1) is 9.72. The third-order valence-corrected chi connectivity index (χ3v) is 2.63. The van der Waals surface area contributed by atoms with E-state index in [1.807, 2.05) is 31.2 Å². The van der Waals surface area contributed by atoms with Gasteiger partial charge in [-0.25, -0.2) is 0 Å². The van der Waals surface area contributed by atoms with Gasteiger partial charge in [0.15, 0.2) is 5.76 Å². The smallest absolute Gasteiger partial charge is 0.286 e. The minimum absolute atomic E-state index is 0.252. The van der Waals surface area contributed by atoms with Crippen molar-refractivity contribution in [3.63, 3.8) is 0 Å². The predicted molar refractivity (Wildman–Crippen MR) is 74.0 cm³/mol. The van der Waals surface area contributed by atoms with Gasteiger partial charge in [0.05, 0.1) is 6.61 Å². The minimum Gasteiger partial charge on any atom is -0.494 e. The number of amides is 1. The van der Waals surface area contributed by atoms with Crippen LogP contribution in [0.3, 0.4) is 0 Å². The summed E-state index contributed by atoms with van der Waals surface area (Å²) in [6.07, 6.45) is 0. The number of ether oxygens (including phenoxy) is 2. The van der Waals surface area contributed by atoms with Crippen LogP contribution in [0.25, 0.3) is 0 Å². The molecule has 1 heterocycles. The van der Waals surface area contributed by atoms with E-state index in [9.17, 15) is 4.79 Å². The fourth-order valence-electron chi connectivity index (χ4n) is 1.65. The van der Waals surface area contributed by atoms with Gasteiger partial charge in [0.2, 0.25) is 0 Å². The molecule has 20 heavy (non-hydrogen) atoms. The Hall–Kier alpha value is -2.43. The molecule has 0 aliphatic rings. The van der Waals surface area contributed by atoms with Crippen LogP contribution in [0, 0.1) is 0 Å². The second kappa shape index (κ2) is 6.65. The Balaban J connectivity index is 1.91. The van der Waals surface area contributed by atoms with Crippen LogP contribution in [0.2, 0.25) is 0 Å². The number of hydrogen-bond donors (Lipinski definition) is 1. The standard InChI is InChI=1S/C15H17NO4/c1-3-18-11-4-6-12(7-5-11)19-10-13-8-9-14(20-13)15(17)16-2/h4-9H,3,10H2,1-2H3,(H,16,17). The van der Waals surface area contributed by atoms with Gasteiger partial charge in [0.25, 0.3) is 5.91 Å². The highest BCUT2D eigenvalue weighted by Gasteiger charge is 2.09. The molecule has 0 fully saturated rings. The zero-order chi connectivity index (χ0) is 14.4. The fourth-order valence-corrected chi connectivity index (χ4v) is 1.65. The van der Waals surface area contributed by atoms with E-state index in [0.717, 1.165) is 5.75 Å². The molecule has 1 amide bonds. The molecule has 0 spiro atoms. The molecule has 0 saturated carbocycles. The second-order valence-electron chi connectivity index (χ2n) is 4.04. The maximum atomic E-state index is 11.3. The molecule has 1 aromatic carbocycles. The monoisotopic (exact) mass is 275 g/mol. The first kappa shape index (κ1) is 14.0. The Labute approximate surface area is 117 Å². The topological polar surface area (TPSA) is 60.7 Å². The molecule has 2 rings (SSSR count). The van der Waals surface area contributed by atoms with Gasteiger partial charge in [-0.15, -0.1) is 0 Å². The lowest BCUT2D eigenvalue weighted by atomic mass is 10.3. The summed E-state index contributed by atoms with van der Waals surface area (Å²) in [4.78, 5) is 11.3. The Kier molecular flexibility index (Phi) is 4.65. The summed E-state index contributed by atoms with van der Waals surface area (Å²) in [6, 6.07) is 10.7. The Bertz CT molecular complexity index is 560. The van der Waals surface area contributed by atoms with Crippen LogP contribution in [0.4, 0.5) is 0 Å². The van der Waals surface area contributed by atoms with Gasteiger partial charge in [-0.2, -0.15) is 0 Å². The lowest BCUT2D eigenvalue weighted by Crippen LogP contribution is -2.16. The van der Waals surface area contributed by atoms with Crippen LogP contribution >= 0.6 is 0 Å². The molecule has 0 saturated heterocycles. The van der Waals surface area contributed by atoms with Crippen molar-refractivity contribution >= 4 is 5.91 Å².